The van der Waals surface area contributed by atoms with Gasteiger partial charge in [0.1, 0.15) is 69.7 Å². The van der Waals surface area contributed by atoms with E-state index in [-0.39, 0.29) is 90.9 Å². The zero-order chi connectivity index (χ0) is 42.0. The first-order chi connectivity index (χ1) is 28.8. The number of esters is 2. The highest BCUT2D eigenvalue weighted by Gasteiger charge is 2.67. The minimum absolute atomic E-state index is 0.0418. The average Bonchev–Trinajstić information content (AvgIpc) is 3.90. The van der Waals surface area contributed by atoms with Crippen LogP contribution < -0.4 is 23.7 Å². The van der Waals surface area contributed by atoms with Crippen LogP contribution in [-0.2, 0) is 20.4 Å². The highest BCUT2D eigenvalue weighted by atomic mass is 16.6. The maximum Gasteiger partial charge on any atom is 0.331 e. The molecule has 4 aliphatic rings. The quantitative estimate of drug-likeness (QED) is 0.0550. The van der Waals surface area contributed by atoms with Gasteiger partial charge in [-0.3, -0.25) is 9.59 Å². The Morgan fingerprint density at radius 1 is 0.500 bits per heavy atom. The molecule has 4 heterocycles. The van der Waals surface area contributed by atoms with Crippen molar-refractivity contribution < 1.29 is 74.1 Å². The van der Waals surface area contributed by atoms with Gasteiger partial charge >= 0.3 is 11.9 Å². The molecule has 0 aromatic heterocycles. The Morgan fingerprint density at radius 3 is 1.47 bits per heavy atom. The molecular weight excluding hydrogens is 780 g/mol. The number of carbonyl (C=O) groups is 2. The SMILES string of the molecule is COc1c(O)cc(C=Cc2cc(O)cc3c2[C@]2(C(=O)O3)c3c(O)cc(O)cc3O[C@@H]2c2ccc(O)cc2)c2c1OC(=O)[C@]21c2c(O)cc(O)cc2O[C@@H]1c1ccc(O)cc1. The zero-order valence-corrected chi connectivity index (χ0v) is 30.9. The number of aromatic hydroxyl groups is 8. The lowest BCUT2D eigenvalue weighted by Gasteiger charge is -2.29. The Hall–Kier alpha value is -8.20. The van der Waals surface area contributed by atoms with Gasteiger partial charge < -0.3 is 64.5 Å². The fraction of sp³-hybridized carbons (Fsp3) is 0.111. The number of carbonyl (C=O) groups excluding carboxylic acids is 2. The van der Waals surface area contributed by atoms with Gasteiger partial charge in [-0.25, -0.2) is 0 Å². The third-order valence-corrected chi connectivity index (χ3v) is 11.4. The molecule has 60 heavy (non-hydrogen) atoms. The maximum atomic E-state index is 14.6. The first-order valence-corrected chi connectivity index (χ1v) is 18.3. The number of hydrogen-bond acceptors (Lipinski definition) is 15. The van der Waals surface area contributed by atoms with Crippen LogP contribution >= 0.6 is 0 Å². The highest BCUT2D eigenvalue weighted by molar-refractivity contribution is 6.03. The van der Waals surface area contributed by atoms with Crippen LogP contribution in [0.15, 0.2) is 91.0 Å². The predicted octanol–water partition coefficient (Wildman–Crippen LogP) is 6.19. The monoisotopic (exact) mass is 810 g/mol. The largest absolute Gasteiger partial charge is 0.508 e. The number of hydrogen-bond donors (Lipinski definition) is 8. The van der Waals surface area contributed by atoms with Crippen molar-refractivity contribution in [1.29, 1.82) is 0 Å². The van der Waals surface area contributed by atoms with E-state index in [0.717, 1.165) is 12.1 Å². The van der Waals surface area contributed by atoms with Gasteiger partial charge in [-0.15, -0.1) is 0 Å². The fourth-order valence-corrected chi connectivity index (χ4v) is 9.18. The topological polar surface area (TPSA) is 242 Å². The van der Waals surface area contributed by atoms with Crippen LogP contribution in [0.2, 0.25) is 0 Å². The maximum absolute atomic E-state index is 14.6. The van der Waals surface area contributed by atoms with Crippen molar-refractivity contribution in [3.05, 3.63) is 136 Å². The summed E-state index contributed by atoms with van der Waals surface area (Å²) in [6, 6.07) is 20.0. The van der Waals surface area contributed by atoms with E-state index >= 15 is 0 Å². The van der Waals surface area contributed by atoms with Gasteiger partial charge in [-0.2, -0.15) is 0 Å². The summed E-state index contributed by atoms with van der Waals surface area (Å²) in [7, 11) is 1.25. The number of rotatable bonds is 5. The third-order valence-electron chi connectivity index (χ3n) is 11.4. The van der Waals surface area contributed by atoms with Gasteiger partial charge in [0.2, 0.25) is 5.75 Å². The lowest BCUT2D eigenvalue weighted by Crippen LogP contribution is -2.40. The van der Waals surface area contributed by atoms with E-state index in [1.165, 1.54) is 98.1 Å². The van der Waals surface area contributed by atoms with E-state index in [0.29, 0.717) is 11.1 Å². The van der Waals surface area contributed by atoms with Crippen molar-refractivity contribution in [2.24, 2.45) is 0 Å². The molecule has 0 bridgehead atoms. The Bertz CT molecular complexity index is 2900. The Labute approximate surface area is 338 Å². The van der Waals surface area contributed by atoms with Crippen molar-refractivity contribution >= 4 is 24.1 Å². The zero-order valence-electron chi connectivity index (χ0n) is 30.9. The molecule has 0 amide bonds. The molecule has 300 valence electrons. The molecule has 15 nitrogen and oxygen atoms in total. The molecule has 4 aliphatic heterocycles. The molecule has 0 unspecified atom stereocenters. The van der Waals surface area contributed by atoms with E-state index in [2.05, 4.69) is 0 Å². The molecular formula is C45H30O15. The van der Waals surface area contributed by atoms with Gasteiger partial charge in [0.15, 0.2) is 22.3 Å². The molecule has 4 atom stereocenters. The molecule has 6 aromatic carbocycles. The Kier molecular flexibility index (Phi) is 7.47. The third kappa shape index (κ3) is 4.70. The molecule has 10 rings (SSSR count). The highest BCUT2D eigenvalue weighted by Crippen LogP contribution is 2.67. The summed E-state index contributed by atoms with van der Waals surface area (Å²) >= 11 is 0. The van der Waals surface area contributed by atoms with Crippen molar-refractivity contribution in [3.8, 4) is 74.7 Å². The number of ether oxygens (including phenoxy) is 5. The summed E-state index contributed by atoms with van der Waals surface area (Å²) in [6.45, 7) is 0. The summed E-state index contributed by atoms with van der Waals surface area (Å²) in [6.07, 6.45) is 0.367. The summed E-state index contributed by atoms with van der Waals surface area (Å²) in [5, 5.41) is 86.5. The molecule has 6 aromatic rings. The van der Waals surface area contributed by atoms with Crippen LogP contribution in [0, 0.1) is 0 Å². The Balaban J connectivity index is 1.23. The van der Waals surface area contributed by atoms with E-state index in [1.54, 1.807) is 0 Å². The van der Waals surface area contributed by atoms with E-state index < -0.39 is 52.2 Å². The molecule has 0 aliphatic carbocycles. The number of benzene rings is 6. The first kappa shape index (κ1) is 36.2. The summed E-state index contributed by atoms with van der Waals surface area (Å²) in [5.41, 5.74) is -3.00. The normalized spacial score (nSPS) is 21.6. The lowest BCUT2D eigenvalue weighted by atomic mass is 9.68. The molecule has 15 heteroatoms. The van der Waals surface area contributed by atoms with Crippen LogP contribution in [0.4, 0.5) is 0 Å². The summed E-state index contributed by atoms with van der Waals surface area (Å²) < 4.78 is 30.0. The standard InChI is InChI=1S/C45H30O15/c1-56-38-30(53)13-22(35-39(38)60-43(55)45(35)37-29(52)15-27(50)18-33(37)58-41(45)20-6-10-24(47)11-7-20)3-2-21-12-25(48)16-31-34(21)44(42(54)59-31)36-28(51)14-26(49)17-32(36)57-40(44)19-4-8-23(46)9-5-19/h2-18,40-41,46-53H,1H3/t40-,41-,44+,45+/m1/s1. The van der Waals surface area contributed by atoms with Gasteiger partial charge in [0.25, 0.3) is 0 Å². The van der Waals surface area contributed by atoms with Gasteiger partial charge in [-0.1, -0.05) is 36.4 Å². The second-order valence-electron chi connectivity index (χ2n) is 14.7. The van der Waals surface area contributed by atoms with E-state index in [9.17, 15) is 50.4 Å². The van der Waals surface area contributed by atoms with Crippen LogP contribution in [0.25, 0.3) is 12.2 Å². The number of phenolic OH excluding ortho intramolecular Hbond substituents is 8. The predicted molar refractivity (Wildman–Crippen MR) is 207 cm³/mol. The minimum atomic E-state index is -2.04. The van der Waals surface area contributed by atoms with Crippen molar-refractivity contribution in [1.82, 2.24) is 0 Å². The van der Waals surface area contributed by atoms with Gasteiger partial charge in [0.05, 0.1) is 18.2 Å². The Morgan fingerprint density at radius 2 is 0.950 bits per heavy atom. The number of fused-ring (bicyclic) bond motifs is 8. The summed E-state index contributed by atoms with van der Waals surface area (Å²) in [5.74, 6) is -5.17. The number of methoxy groups -OCH3 is 1. The molecule has 8 N–H and O–H groups in total. The molecule has 2 spiro atoms. The lowest BCUT2D eigenvalue weighted by molar-refractivity contribution is -0.139. The van der Waals surface area contributed by atoms with Crippen molar-refractivity contribution in [2.75, 3.05) is 7.11 Å². The first-order valence-electron chi connectivity index (χ1n) is 18.3. The summed E-state index contributed by atoms with van der Waals surface area (Å²) in [4.78, 5) is 29.1. The van der Waals surface area contributed by atoms with Crippen molar-refractivity contribution in [3.63, 3.8) is 0 Å². The number of phenols is 8. The second kappa shape index (κ2) is 12.4. The van der Waals surface area contributed by atoms with Crippen LogP contribution in [0.1, 0.15) is 56.7 Å². The smallest absolute Gasteiger partial charge is 0.331 e. The fourth-order valence-electron chi connectivity index (χ4n) is 9.18. The van der Waals surface area contributed by atoms with Gasteiger partial charge in [-0.05, 0) is 58.7 Å². The van der Waals surface area contributed by atoms with Crippen LogP contribution in [0.3, 0.4) is 0 Å². The minimum Gasteiger partial charge on any atom is -0.508 e. The average molecular weight is 811 g/mol. The van der Waals surface area contributed by atoms with Gasteiger partial charge in [0, 0.05) is 41.5 Å². The second-order valence-corrected chi connectivity index (χ2v) is 14.7. The van der Waals surface area contributed by atoms with Crippen molar-refractivity contribution in [2.45, 2.75) is 23.0 Å². The molecule has 0 fully saturated rings. The van der Waals surface area contributed by atoms with Crippen LogP contribution in [-0.4, -0.2) is 59.9 Å². The van der Waals surface area contributed by atoms with E-state index in [1.807, 2.05) is 0 Å². The molecule has 0 radical (unpaired) electrons. The van der Waals surface area contributed by atoms with Crippen LogP contribution in [0.5, 0.6) is 74.7 Å². The van der Waals surface area contributed by atoms with E-state index in [4.69, 9.17) is 23.7 Å². The molecule has 0 saturated heterocycles. The molecule has 0 saturated carbocycles.